The van der Waals surface area contributed by atoms with Gasteiger partial charge in [-0.05, 0) is 13.2 Å². The zero-order valence-corrected chi connectivity index (χ0v) is 7.73. The van der Waals surface area contributed by atoms with Gasteiger partial charge in [0, 0.05) is 17.3 Å². The summed E-state index contributed by atoms with van der Waals surface area (Å²) in [4.78, 5) is 0. The molecule has 0 fully saturated rings. The molecule has 0 aromatic carbocycles. The third-order valence-electron chi connectivity index (χ3n) is 0.882. The Balaban J connectivity index is 2.75. The highest BCUT2D eigenvalue weighted by molar-refractivity contribution is 8.02. The third-order valence-corrected chi connectivity index (χ3v) is 2.67. The number of hydrogen-bond donors (Lipinski definition) is 0. The Morgan fingerprint density at radius 3 is 2.67 bits per heavy atom. The van der Waals surface area contributed by atoms with E-state index in [1.54, 1.807) is 0 Å². The number of allylic oxidation sites excluding steroid dienone is 1. The fourth-order valence-corrected chi connectivity index (χ4v) is 2.02. The molecule has 0 aliphatic carbocycles. The first-order chi connectivity index (χ1) is 4.41. The minimum atomic E-state index is 1.18. The zero-order valence-electron chi connectivity index (χ0n) is 6.09. The second kappa shape index (κ2) is 8.44. The van der Waals surface area contributed by atoms with E-state index in [1.165, 1.54) is 17.3 Å². The molecule has 0 aliphatic rings. The van der Waals surface area contributed by atoms with Gasteiger partial charge in [-0.1, -0.05) is 12.2 Å². The summed E-state index contributed by atoms with van der Waals surface area (Å²) in [5, 5.41) is 0. The molecule has 0 bridgehead atoms. The van der Waals surface area contributed by atoms with Crippen LogP contribution in [0, 0.1) is 0 Å². The lowest BCUT2D eigenvalue weighted by Crippen LogP contribution is -1.82. The molecule has 0 radical (unpaired) electrons. The van der Waals surface area contributed by atoms with Crippen LogP contribution in [0.4, 0.5) is 0 Å². The van der Waals surface area contributed by atoms with Crippen LogP contribution in [0.5, 0.6) is 0 Å². The van der Waals surface area contributed by atoms with Crippen molar-refractivity contribution in [2.24, 2.45) is 0 Å². The van der Waals surface area contributed by atoms with Crippen LogP contribution in [-0.4, -0.2) is 23.5 Å². The van der Waals surface area contributed by atoms with Crippen LogP contribution in [0.3, 0.4) is 0 Å². The van der Waals surface area contributed by atoms with Gasteiger partial charge >= 0.3 is 0 Å². The topological polar surface area (TPSA) is 0 Å². The van der Waals surface area contributed by atoms with Gasteiger partial charge in [-0.25, -0.2) is 0 Å². The lowest BCUT2D eigenvalue weighted by Gasteiger charge is -1.92. The van der Waals surface area contributed by atoms with Gasteiger partial charge in [0.15, 0.2) is 0 Å². The van der Waals surface area contributed by atoms with E-state index in [0.29, 0.717) is 0 Å². The summed E-state index contributed by atoms with van der Waals surface area (Å²) < 4.78 is 0. The van der Waals surface area contributed by atoms with E-state index in [4.69, 9.17) is 0 Å². The molecule has 0 amide bonds. The number of rotatable bonds is 5. The lowest BCUT2D eigenvalue weighted by molar-refractivity contribution is 1.54. The molecule has 54 valence electrons. The Morgan fingerprint density at radius 2 is 2.11 bits per heavy atom. The van der Waals surface area contributed by atoms with Gasteiger partial charge in [0.25, 0.3) is 0 Å². The van der Waals surface area contributed by atoms with Crippen molar-refractivity contribution in [1.29, 1.82) is 0 Å². The molecule has 0 aromatic rings. The van der Waals surface area contributed by atoms with Crippen LogP contribution < -0.4 is 0 Å². The summed E-state index contributed by atoms with van der Waals surface area (Å²) in [6.07, 6.45) is 6.45. The van der Waals surface area contributed by atoms with Crippen molar-refractivity contribution in [3.63, 3.8) is 0 Å². The summed E-state index contributed by atoms with van der Waals surface area (Å²) in [6, 6.07) is 0. The maximum atomic E-state index is 2.20. The van der Waals surface area contributed by atoms with Crippen LogP contribution >= 0.6 is 23.5 Å². The van der Waals surface area contributed by atoms with Crippen LogP contribution in [0.25, 0.3) is 0 Å². The molecule has 0 aromatic heterocycles. The fraction of sp³-hybridized carbons (Fsp3) is 0.714. The van der Waals surface area contributed by atoms with Crippen molar-refractivity contribution in [3.8, 4) is 0 Å². The van der Waals surface area contributed by atoms with Gasteiger partial charge in [0.1, 0.15) is 0 Å². The SMILES string of the molecule is CC=CCSCCSC. The lowest BCUT2D eigenvalue weighted by atomic mass is 10.6. The van der Waals surface area contributed by atoms with Crippen molar-refractivity contribution in [2.45, 2.75) is 6.92 Å². The Kier molecular flexibility index (Phi) is 8.85. The number of thioether (sulfide) groups is 2. The Hall–Kier alpha value is 0.440. The number of hydrogen-bond acceptors (Lipinski definition) is 2. The van der Waals surface area contributed by atoms with E-state index in [0.717, 1.165) is 0 Å². The average Bonchev–Trinajstić information content (AvgIpc) is 1.89. The molecule has 0 rings (SSSR count). The zero-order chi connectivity index (χ0) is 6.95. The Labute approximate surface area is 66.5 Å². The van der Waals surface area contributed by atoms with Gasteiger partial charge in [-0.2, -0.15) is 23.5 Å². The molecule has 9 heavy (non-hydrogen) atoms. The summed E-state index contributed by atoms with van der Waals surface area (Å²) in [7, 11) is 0. The van der Waals surface area contributed by atoms with Crippen LogP contribution in [-0.2, 0) is 0 Å². The maximum Gasteiger partial charge on any atom is 0.0113 e. The molecule has 0 nitrogen and oxygen atoms in total. The van der Waals surface area contributed by atoms with Crippen molar-refractivity contribution in [3.05, 3.63) is 12.2 Å². The molecule has 2 heteroatoms. The normalized spacial score (nSPS) is 10.9. The minimum absolute atomic E-state index is 1.18. The monoisotopic (exact) mass is 162 g/mol. The van der Waals surface area contributed by atoms with E-state index >= 15 is 0 Å². The third kappa shape index (κ3) is 8.44. The molecule has 0 aliphatic heterocycles. The highest BCUT2D eigenvalue weighted by Crippen LogP contribution is 2.03. The summed E-state index contributed by atoms with van der Waals surface area (Å²) in [5.74, 6) is 3.74. The first-order valence-corrected chi connectivity index (χ1v) is 5.64. The fourth-order valence-electron chi connectivity index (χ4n) is 0.390. The first kappa shape index (κ1) is 9.44. The molecular formula is C7H14S2. The smallest absolute Gasteiger partial charge is 0.0113 e. The van der Waals surface area contributed by atoms with Crippen LogP contribution in [0.2, 0.25) is 0 Å². The molecule has 0 atom stereocenters. The predicted molar refractivity (Wildman–Crippen MR) is 50.5 cm³/mol. The Morgan fingerprint density at radius 1 is 1.33 bits per heavy atom. The van der Waals surface area contributed by atoms with Gasteiger partial charge in [0.05, 0.1) is 0 Å². The molecule has 0 spiro atoms. The van der Waals surface area contributed by atoms with E-state index in [2.05, 4.69) is 25.3 Å². The van der Waals surface area contributed by atoms with E-state index in [1.807, 2.05) is 23.5 Å². The van der Waals surface area contributed by atoms with Crippen molar-refractivity contribution < 1.29 is 0 Å². The summed E-state index contributed by atoms with van der Waals surface area (Å²) >= 11 is 3.91. The average molecular weight is 162 g/mol. The minimum Gasteiger partial charge on any atom is -0.165 e. The Bertz CT molecular complexity index is 69.3. The van der Waals surface area contributed by atoms with E-state index in [-0.39, 0.29) is 0 Å². The molecular weight excluding hydrogens is 148 g/mol. The van der Waals surface area contributed by atoms with Gasteiger partial charge in [-0.3, -0.25) is 0 Å². The van der Waals surface area contributed by atoms with Gasteiger partial charge in [-0.15, -0.1) is 0 Å². The highest BCUT2D eigenvalue weighted by atomic mass is 32.2. The van der Waals surface area contributed by atoms with Crippen molar-refractivity contribution in [1.82, 2.24) is 0 Å². The standard InChI is InChI=1S/C7H14S2/c1-3-4-5-9-7-6-8-2/h3-4H,5-7H2,1-2H3. The largest absolute Gasteiger partial charge is 0.165 e. The summed E-state index contributed by atoms with van der Waals surface area (Å²) in [6.45, 7) is 2.06. The summed E-state index contributed by atoms with van der Waals surface area (Å²) in [5.41, 5.74) is 0. The predicted octanol–water partition coefficient (Wildman–Crippen LogP) is 2.66. The maximum absolute atomic E-state index is 2.20. The highest BCUT2D eigenvalue weighted by Gasteiger charge is 1.82. The van der Waals surface area contributed by atoms with Gasteiger partial charge in [0.2, 0.25) is 0 Å². The first-order valence-electron chi connectivity index (χ1n) is 3.09. The van der Waals surface area contributed by atoms with Crippen molar-refractivity contribution in [2.75, 3.05) is 23.5 Å². The van der Waals surface area contributed by atoms with Crippen LogP contribution in [0.1, 0.15) is 6.92 Å². The van der Waals surface area contributed by atoms with Crippen molar-refractivity contribution >= 4 is 23.5 Å². The molecule has 0 saturated carbocycles. The van der Waals surface area contributed by atoms with Gasteiger partial charge < -0.3 is 0 Å². The van der Waals surface area contributed by atoms with E-state index < -0.39 is 0 Å². The second-order valence-corrected chi connectivity index (χ2v) is 3.77. The molecule has 0 saturated heterocycles. The molecule has 0 heterocycles. The second-order valence-electron chi connectivity index (χ2n) is 1.64. The van der Waals surface area contributed by atoms with Crippen LogP contribution in [0.15, 0.2) is 12.2 Å². The van der Waals surface area contributed by atoms with E-state index in [9.17, 15) is 0 Å². The molecule has 0 unspecified atom stereocenters. The quantitative estimate of drug-likeness (QED) is 0.450. The molecule has 0 N–H and O–H groups in total.